The highest BCUT2D eigenvalue weighted by Crippen LogP contribution is 2.24. The van der Waals surface area contributed by atoms with E-state index < -0.39 is 0 Å². The molecule has 2 heterocycles. The number of rotatable bonds is 2. The fraction of sp³-hybridized carbons (Fsp3) is 0. The Bertz CT molecular complexity index is 534. The Balaban J connectivity index is 2.21. The highest BCUT2D eigenvalue weighted by atomic mass is 79.9. The molecule has 16 heavy (non-hydrogen) atoms. The van der Waals surface area contributed by atoms with Crippen LogP contribution in [-0.2, 0) is 0 Å². The zero-order chi connectivity index (χ0) is 11.4. The molecule has 3 nitrogen and oxygen atoms in total. The molecule has 0 aliphatic carbocycles. The first-order chi connectivity index (χ1) is 7.78. The van der Waals surface area contributed by atoms with E-state index in [4.69, 9.17) is 5.26 Å². The van der Waals surface area contributed by atoms with Gasteiger partial charge in [0, 0.05) is 10.7 Å². The summed E-state index contributed by atoms with van der Waals surface area (Å²) >= 11 is 4.75. The molecule has 78 valence electrons. The Labute approximate surface area is 106 Å². The lowest BCUT2D eigenvalue weighted by Crippen LogP contribution is -1.85. The zero-order valence-corrected chi connectivity index (χ0v) is 10.5. The Morgan fingerprint density at radius 3 is 2.75 bits per heavy atom. The van der Waals surface area contributed by atoms with Crippen molar-refractivity contribution in [2.24, 2.45) is 0 Å². The standard InChI is InChI=1S/C11H6BrN3S/c12-8-4-5-10(14-7-8)16-11-3-1-2-9(6-13)15-11/h1-5,7H. The van der Waals surface area contributed by atoms with Crippen molar-refractivity contribution in [3.05, 3.63) is 46.7 Å². The lowest BCUT2D eigenvalue weighted by molar-refractivity contribution is 1.07. The van der Waals surface area contributed by atoms with Gasteiger partial charge in [0.05, 0.1) is 0 Å². The summed E-state index contributed by atoms with van der Waals surface area (Å²) in [6, 6.07) is 11.2. The van der Waals surface area contributed by atoms with Gasteiger partial charge >= 0.3 is 0 Å². The Kier molecular flexibility index (Phi) is 3.54. The largest absolute Gasteiger partial charge is 0.248 e. The number of halogens is 1. The minimum atomic E-state index is 0.419. The fourth-order valence-corrected chi connectivity index (χ4v) is 2.04. The molecule has 5 heteroatoms. The summed E-state index contributed by atoms with van der Waals surface area (Å²) in [6.45, 7) is 0. The number of hydrogen-bond acceptors (Lipinski definition) is 4. The Morgan fingerprint density at radius 1 is 1.19 bits per heavy atom. The van der Waals surface area contributed by atoms with Gasteiger partial charge in [-0.3, -0.25) is 0 Å². The number of nitrogens with zero attached hydrogens (tertiary/aromatic N) is 3. The summed E-state index contributed by atoms with van der Waals surface area (Å²) < 4.78 is 0.940. The molecular weight excluding hydrogens is 286 g/mol. The second kappa shape index (κ2) is 5.10. The maximum absolute atomic E-state index is 8.72. The molecule has 0 aliphatic rings. The van der Waals surface area contributed by atoms with Gasteiger partial charge in [-0.15, -0.1) is 0 Å². The monoisotopic (exact) mass is 291 g/mol. The third-order valence-corrected chi connectivity index (χ3v) is 3.10. The lowest BCUT2D eigenvalue weighted by atomic mass is 10.4. The van der Waals surface area contributed by atoms with Gasteiger partial charge in [0.25, 0.3) is 0 Å². The van der Waals surface area contributed by atoms with Gasteiger partial charge in [-0.1, -0.05) is 17.8 Å². The number of hydrogen-bond donors (Lipinski definition) is 0. The molecule has 0 saturated heterocycles. The minimum Gasteiger partial charge on any atom is -0.248 e. The summed E-state index contributed by atoms with van der Waals surface area (Å²) in [7, 11) is 0. The molecule has 0 atom stereocenters. The van der Waals surface area contributed by atoms with Crippen LogP contribution in [0.1, 0.15) is 5.69 Å². The van der Waals surface area contributed by atoms with E-state index in [2.05, 4.69) is 25.9 Å². The van der Waals surface area contributed by atoms with Crippen LogP contribution in [0.2, 0.25) is 0 Å². The molecular formula is C11H6BrN3S. The summed E-state index contributed by atoms with van der Waals surface area (Å²) in [5.74, 6) is 0. The predicted octanol–water partition coefficient (Wildman–Crippen LogP) is 3.26. The highest BCUT2D eigenvalue weighted by Gasteiger charge is 2.01. The highest BCUT2D eigenvalue weighted by molar-refractivity contribution is 9.10. The molecule has 0 radical (unpaired) electrons. The molecule has 2 aromatic rings. The van der Waals surface area contributed by atoms with Crippen molar-refractivity contribution >= 4 is 27.7 Å². The van der Waals surface area contributed by atoms with Crippen molar-refractivity contribution in [2.45, 2.75) is 10.1 Å². The maximum atomic E-state index is 8.72. The van der Waals surface area contributed by atoms with Gasteiger partial charge in [-0.25, -0.2) is 9.97 Å². The zero-order valence-electron chi connectivity index (χ0n) is 8.09. The van der Waals surface area contributed by atoms with Crippen LogP contribution in [0.3, 0.4) is 0 Å². The van der Waals surface area contributed by atoms with E-state index >= 15 is 0 Å². The molecule has 0 spiro atoms. The van der Waals surface area contributed by atoms with Crippen LogP contribution in [0.25, 0.3) is 0 Å². The topological polar surface area (TPSA) is 49.6 Å². The average molecular weight is 292 g/mol. The molecule has 2 rings (SSSR count). The molecule has 0 N–H and O–H groups in total. The van der Waals surface area contributed by atoms with Gasteiger partial charge in [0.1, 0.15) is 21.8 Å². The summed E-state index contributed by atoms with van der Waals surface area (Å²) in [4.78, 5) is 8.38. The van der Waals surface area contributed by atoms with Gasteiger partial charge in [0.15, 0.2) is 0 Å². The van der Waals surface area contributed by atoms with Crippen molar-refractivity contribution < 1.29 is 0 Å². The fourth-order valence-electron chi connectivity index (χ4n) is 1.06. The number of nitriles is 1. The van der Waals surface area contributed by atoms with E-state index in [0.717, 1.165) is 14.5 Å². The van der Waals surface area contributed by atoms with Crippen LogP contribution in [0.15, 0.2) is 51.1 Å². The molecule has 2 aromatic heterocycles. The van der Waals surface area contributed by atoms with E-state index in [9.17, 15) is 0 Å². The molecule has 0 amide bonds. The Morgan fingerprint density at radius 2 is 2.06 bits per heavy atom. The summed E-state index contributed by atoms with van der Waals surface area (Å²) in [5, 5.41) is 10.3. The van der Waals surface area contributed by atoms with Crippen LogP contribution in [0, 0.1) is 11.3 Å². The average Bonchev–Trinajstić information content (AvgIpc) is 2.32. The van der Waals surface area contributed by atoms with E-state index in [1.807, 2.05) is 30.3 Å². The SMILES string of the molecule is N#Cc1cccc(Sc2ccc(Br)cn2)n1. The molecule has 0 fully saturated rings. The number of aromatic nitrogens is 2. The van der Waals surface area contributed by atoms with Crippen LogP contribution < -0.4 is 0 Å². The van der Waals surface area contributed by atoms with Gasteiger partial charge in [0.2, 0.25) is 0 Å². The smallest absolute Gasteiger partial charge is 0.141 e. The maximum Gasteiger partial charge on any atom is 0.141 e. The van der Waals surface area contributed by atoms with Crippen LogP contribution in [0.4, 0.5) is 0 Å². The van der Waals surface area contributed by atoms with Crippen molar-refractivity contribution in [3.63, 3.8) is 0 Å². The lowest BCUT2D eigenvalue weighted by Gasteiger charge is -1.99. The van der Waals surface area contributed by atoms with Crippen molar-refractivity contribution in [2.75, 3.05) is 0 Å². The van der Waals surface area contributed by atoms with E-state index in [0.29, 0.717) is 5.69 Å². The van der Waals surface area contributed by atoms with Gasteiger partial charge in [-0.2, -0.15) is 5.26 Å². The quantitative estimate of drug-likeness (QED) is 0.852. The molecule has 0 aliphatic heterocycles. The normalized spacial score (nSPS) is 9.75. The first kappa shape index (κ1) is 11.1. The first-order valence-electron chi connectivity index (χ1n) is 4.44. The first-order valence-corrected chi connectivity index (χ1v) is 6.05. The van der Waals surface area contributed by atoms with Crippen LogP contribution in [-0.4, -0.2) is 9.97 Å². The van der Waals surface area contributed by atoms with Gasteiger partial charge in [-0.05, 0) is 40.2 Å². The number of pyridine rings is 2. The molecule has 0 bridgehead atoms. The molecule has 0 aromatic carbocycles. The van der Waals surface area contributed by atoms with Crippen LogP contribution >= 0.6 is 27.7 Å². The molecule has 0 unspecified atom stereocenters. The Hall–Kier alpha value is -1.38. The summed E-state index contributed by atoms with van der Waals surface area (Å²) in [6.07, 6.45) is 1.73. The second-order valence-electron chi connectivity index (χ2n) is 2.89. The second-order valence-corrected chi connectivity index (χ2v) is 4.85. The van der Waals surface area contributed by atoms with E-state index in [1.54, 1.807) is 12.3 Å². The molecule has 0 saturated carbocycles. The third-order valence-electron chi connectivity index (χ3n) is 1.75. The van der Waals surface area contributed by atoms with Gasteiger partial charge < -0.3 is 0 Å². The van der Waals surface area contributed by atoms with Crippen molar-refractivity contribution in [1.82, 2.24) is 9.97 Å². The van der Waals surface area contributed by atoms with Crippen LogP contribution in [0.5, 0.6) is 0 Å². The van der Waals surface area contributed by atoms with E-state index in [1.165, 1.54) is 11.8 Å². The van der Waals surface area contributed by atoms with Crippen molar-refractivity contribution in [1.29, 1.82) is 5.26 Å². The summed E-state index contributed by atoms with van der Waals surface area (Å²) in [5.41, 5.74) is 0.419. The third kappa shape index (κ3) is 2.81. The predicted molar refractivity (Wildman–Crippen MR) is 65.0 cm³/mol. The minimum absolute atomic E-state index is 0.419. The van der Waals surface area contributed by atoms with E-state index in [-0.39, 0.29) is 0 Å². The van der Waals surface area contributed by atoms with Crippen molar-refractivity contribution in [3.8, 4) is 6.07 Å².